The molecule has 1 heterocycles. The van der Waals surface area contributed by atoms with Crippen LogP contribution >= 0.6 is 12.4 Å². The van der Waals surface area contributed by atoms with E-state index in [-0.39, 0.29) is 18.5 Å². The van der Waals surface area contributed by atoms with Gasteiger partial charge in [0.25, 0.3) is 0 Å². The Bertz CT molecular complexity index is 535. The number of aromatic amines is 1. The van der Waals surface area contributed by atoms with Crippen LogP contribution in [0.15, 0.2) is 24.3 Å². The number of halogens is 1. The van der Waals surface area contributed by atoms with Crippen LogP contribution < -0.4 is 4.74 Å². The normalized spacial score (nSPS) is 10.4. The van der Waals surface area contributed by atoms with Crippen LogP contribution in [0.1, 0.15) is 25.2 Å². The molecule has 2 aromatic rings. The molecule has 20 heavy (non-hydrogen) atoms. The Kier molecular flexibility index (Phi) is 6.05. The first-order chi connectivity index (χ1) is 9.10. The van der Waals surface area contributed by atoms with E-state index in [1.165, 1.54) is 0 Å². The zero-order valence-electron chi connectivity index (χ0n) is 12.3. The number of hydrogen-bond donors (Lipinski definition) is 1. The van der Waals surface area contributed by atoms with Gasteiger partial charge in [0.2, 0.25) is 0 Å². The van der Waals surface area contributed by atoms with E-state index in [2.05, 4.69) is 9.97 Å². The second-order valence-corrected chi connectivity index (χ2v) is 4.75. The van der Waals surface area contributed by atoms with Crippen molar-refractivity contribution in [1.82, 2.24) is 9.97 Å². The number of ether oxygens (including phenoxy) is 2. The van der Waals surface area contributed by atoms with Crippen LogP contribution in [-0.2, 0) is 11.3 Å². The predicted molar refractivity (Wildman–Crippen MR) is 82.5 cm³/mol. The van der Waals surface area contributed by atoms with Crippen molar-refractivity contribution in [3.05, 3.63) is 35.7 Å². The summed E-state index contributed by atoms with van der Waals surface area (Å²) in [4.78, 5) is 7.88. The third-order valence-electron chi connectivity index (χ3n) is 2.90. The molecule has 0 aliphatic heterocycles. The smallest absolute Gasteiger partial charge is 0.137 e. The number of H-pyrrole nitrogens is 1. The highest BCUT2D eigenvalue weighted by molar-refractivity contribution is 5.85. The molecule has 1 aromatic carbocycles. The van der Waals surface area contributed by atoms with Crippen molar-refractivity contribution >= 4 is 12.4 Å². The minimum atomic E-state index is 0. The summed E-state index contributed by atoms with van der Waals surface area (Å²) >= 11 is 0. The topological polar surface area (TPSA) is 47.1 Å². The number of nitrogens with zero attached hydrogens (tertiary/aromatic N) is 1. The fourth-order valence-electron chi connectivity index (χ4n) is 1.77. The predicted octanol–water partition coefficient (Wildman–Crippen LogP) is 3.74. The molecule has 0 unspecified atom stereocenters. The molecule has 0 saturated carbocycles. The van der Waals surface area contributed by atoms with Crippen LogP contribution in [0, 0.1) is 6.92 Å². The summed E-state index contributed by atoms with van der Waals surface area (Å²) in [6, 6.07) is 7.84. The van der Waals surface area contributed by atoms with Gasteiger partial charge in [0.1, 0.15) is 11.6 Å². The Morgan fingerprint density at radius 2 is 1.85 bits per heavy atom. The van der Waals surface area contributed by atoms with Gasteiger partial charge in [0.15, 0.2) is 0 Å². The van der Waals surface area contributed by atoms with Gasteiger partial charge in [-0.25, -0.2) is 4.98 Å². The van der Waals surface area contributed by atoms with Crippen LogP contribution in [0.3, 0.4) is 0 Å². The SMILES string of the molecule is COc1ccc(-c2nc(COC(C)C)c(C)[nH]2)cc1.Cl. The highest BCUT2D eigenvalue weighted by Gasteiger charge is 2.09. The maximum atomic E-state index is 5.59. The maximum absolute atomic E-state index is 5.59. The second kappa shape index (κ2) is 7.31. The lowest BCUT2D eigenvalue weighted by molar-refractivity contribution is 0.0635. The van der Waals surface area contributed by atoms with Gasteiger partial charge in [-0.3, -0.25) is 0 Å². The van der Waals surface area contributed by atoms with E-state index in [0.717, 1.165) is 28.5 Å². The molecule has 0 aliphatic carbocycles. The summed E-state index contributed by atoms with van der Waals surface area (Å²) in [6.07, 6.45) is 0.209. The first-order valence-corrected chi connectivity index (χ1v) is 6.41. The van der Waals surface area contributed by atoms with Gasteiger partial charge in [0.05, 0.1) is 25.5 Å². The van der Waals surface area contributed by atoms with Gasteiger partial charge in [-0.1, -0.05) is 0 Å². The van der Waals surface area contributed by atoms with Crippen molar-refractivity contribution in [3.8, 4) is 17.1 Å². The van der Waals surface area contributed by atoms with Crippen LogP contribution in [0.5, 0.6) is 5.75 Å². The van der Waals surface area contributed by atoms with Gasteiger partial charge in [0, 0.05) is 11.3 Å². The second-order valence-electron chi connectivity index (χ2n) is 4.75. The van der Waals surface area contributed by atoms with Crippen LogP contribution in [0.25, 0.3) is 11.4 Å². The van der Waals surface area contributed by atoms with Crippen LogP contribution in [0.2, 0.25) is 0 Å². The zero-order chi connectivity index (χ0) is 13.8. The average molecular weight is 297 g/mol. The molecule has 0 spiro atoms. The lowest BCUT2D eigenvalue weighted by atomic mass is 10.2. The summed E-state index contributed by atoms with van der Waals surface area (Å²) in [5.41, 5.74) is 3.05. The summed E-state index contributed by atoms with van der Waals surface area (Å²) in [7, 11) is 1.66. The van der Waals surface area contributed by atoms with E-state index >= 15 is 0 Å². The molecule has 110 valence electrons. The molecule has 5 heteroatoms. The molecular formula is C15H21ClN2O2. The lowest BCUT2D eigenvalue weighted by Crippen LogP contribution is -2.03. The Morgan fingerprint density at radius 1 is 1.20 bits per heavy atom. The van der Waals surface area contributed by atoms with Gasteiger partial charge < -0.3 is 14.5 Å². The first-order valence-electron chi connectivity index (χ1n) is 6.41. The lowest BCUT2D eigenvalue weighted by Gasteiger charge is -2.05. The van der Waals surface area contributed by atoms with E-state index in [4.69, 9.17) is 9.47 Å². The third kappa shape index (κ3) is 3.99. The Labute approximate surface area is 125 Å². The number of aromatic nitrogens is 2. The molecule has 1 N–H and O–H groups in total. The largest absolute Gasteiger partial charge is 0.497 e. The van der Waals surface area contributed by atoms with Gasteiger partial charge in [-0.2, -0.15) is 0 Å². The molecule has 0 bridgehead atoms. The van der Waals surface area contributed by atoms with E-state index in [1.54, 1.807) is 7.11 Å². The highest BCUT2D eigenvalue weighted by atomic mass is 35.5. The number of methoxy groups -OCH3 is 1. The number of imidazole rings is 1. The van der Waals surface area contributed by atoms with Crippen LogP contribution in [-0.4, -0.2) is 23.2 Å². The fourth-order valence-corrected chi connectivity index (χ4v) is 1.77. The monoisotopic (exact) mass is 296 g/mol. The standard InChI is InChI=1S/C15H20N2O2.ClH/c1-10(2)19-9-14-11(3)16-15(17-14)12-5-7-13(18-4)8-6-12;/h5-8,10H,9H2,1-4H3,(H,16,17);1H. The maximum Gasteiger partial charge on any atom is 0.137 e. The summed E-state index contributed by atoms with van der Waals surface area (Å²) in [5, 5.41) is 0. The molecule has 4 nitrogen and oxygen atoms in total. The Hall–Kier alpha value is -1.52. The first kappa shape index (κ1) is 16.5. The number of rotatable bonds is 5. The van der Waals surface area contributed by atoms with Crippen molar-refractivity contribution in [3.63, 3.8) is 0 Å². The van der Waals surface area contributed by atoms with Crippen molar-refractivity contribution in [1.29, 1.82) is 0 Å². The van der Waals surface area contributed by atoms with Gasteiger partial charge in [-0.05, 0) is 45.0 Å². The van der Waals surface area contributed by atoms with E-state index < -0.39 is 0 Å². The summed E-state index contributed by atoms with van der Waals surface area (Å²) in [6.45, 7) is 6.59. The summed E-state index contributed by atoms with van der Waals surface area (Å²) < 4.78 is 10.7. The average Bonchev–Trinajstić information content (AvgIpc) is 2.78. The van der Waals surface area contributed by atoms with Crippen molar-refractivity contribution in [2.75, 3.05) is 7.11 Å². The molecule has 0 radical (unpaired) electrons. The molecule has 0 aliphatic rings. The molecule has 1 aromatic heterocycles. The number of hydrogen-bond acceptors (Lipinski definition) is 3. The van der Waals surface area contributed by atoms with Crippen molar-refractivity contribution < 1.29 is 9.47 Å². The minimum absolute atomic E-state index is 0. The zero-order valence-corrected chi connectivity index (χ0v) is 13.1. The fraction of sp³-hybridized carbons (Fsp3) is 0.400. The number of benzene rings is 1. The Balaban J connectivity index is 0.00000200. The van der Waals surface area contributed by atoms with E-state index in [9.17, 15) is 0 Å². The summed E-state index contributed by atoms with van der Waals surface area (Å²) in [5.74, 6) is 1.71. The molecule has 0 fully saturated rings. The van der Waals surface area contributed by atoms with E-state index in [1.807, 2.05) is 45.0 Å². The molecule has 0 saturated heterocycles. The van der Waals surface area contributed by atoms with E-state index in [0.29, 0.717) is 6.61 Å². The van der Waals surface area contributed by atoms with Crippen LogP contribution in [0.4, 0.5) is 0 Å². The molecule has 2 rings (SSSR count). The number of aryl methyl sites for hydroxylation is 1. The van der Waals surface area contributed by atoms with Crippen molar-refractivity contribution in [2.24, 2.45) is 0 Å². The quantitative estimate of drug-likeness (QED) is 0.914. The number of nitrogens with one attached hydrogen (secondary N) is 1. The third-order valence-corrected chi connectivity index (χ3v) is 2.90. The highest BCUT2D eigenvalue weighted by Crippen LogP contribution is 2.21. The van der Waals surface area contributed by atoms with Gasteiger partial charge >= 0.3 is 0 Å². The van der Waals surface area contributed by atoms with Crippen molar-refractivity contribution in [2.45, 2.75) is 33.5 Å². The molecular weight excluding hydrogens is 276 g/mol. The van der Waals surface area contributed by atoms with Gasteiger partial charge in [-0.15, -0.1) is 12.4 Å². The molecule has 0 amide bonds. The Morgan fingerprint density at radius 3 is 2.40 bits per heavy atom. The minimum Gasteiger partial charge on any atom is -0.497 e. The molecule has 0 atom stereocenters.